The Hall–Kier alpha value is -1.75. The Bertz CT molecular complexity index is 913. The average Bonchev–Trinajstić information content (AvgIpc) is 2.59. The fraction of sp³-hybridized carbons (Fsp3) is 0.211. The Morgan fingerprint density at radius 1 is 1.21 bits per heavy atom. The molecule has 3 nitrogen and oxygen atoms in total. The molecule has 1 aliphatic heterocycles. The van der Waals surface area contributed by atoms with Crippen LogP contribution >= 0.6 is 23.4 Å². The first-order chi connectivity index (χ1) is 11.7. The van der Waals surface area contributed by atoms with Gasteiger partial charge in [0.05, 0.1) is 12.1 Å². The van der Waals surface area contributed by atoms with Gasteiger partial charge in [-0.1, -0.05) is 29.8 Å². The topological polar surface area (TPSA) is 31.4 Å². The van der Waals surface area contributed by atoms with E-state index in [0.717, 1.165) is 33.8 Å². The van der Waals surface area contributed by atoms with E-state index in [1.54, 1.807) is 11.8 Å². The van der Waals surface area contributed by atoms with Gasteiger partial charge in [0.25, 0.3) is 0 Å². The number of pyridine rings is 1. The minimum atomic E-state index is 0.295. The molecule has 3 aromatic rings. The molecule has 24 heavy (non-hydrogen) atoms. The predicted molar refractivity (Wildman–Crippen MR) is 97.8 cm³/mol. The minimum absolute atomic E-state index is 0.295. The van der Waals surface area contributed by atoms with Gasteiger partial charge in [0.15, 0.2) is 6.79 Å². The van der Waals surface area contributed by atoms with Gasteiger partial charge in [-0.05, 0) is 31.2 Å². The number of halogens is 1. The lowest BCUT2D eigenvalue weighted by Crippen LogP contribution is -2.12. The second-order valence-corrected chi connectivity index (χ2v) is 7.19. The molecule has 2 aromatic carbocycles. The molecular weight excluding hydrogens is 342 g/mol. The van der Waals surface area contributed by atoms with Crippen molar-refractivity contribution in [2.75, 3.05) is 6.79 Å². The zero-order valence-corrected chi connectivity index (χ0v) is 14.8. The van der Waals surface area contributed by atoms with Gasteiger partial charge < -0.3 is 9.47 Å². The molecule has 2 heterocycles. The molecule has 1 aliphatic rings. The first-order valence-corrected chi connectivity index (χ1v) is 9.08. The third-order valence-electron chi connectivity index (χ3n) is 3.94. The maximum absolute atomic E-state index is 6.25. The number of aromatic nitrogens is 1. The van der Waals surface area contributed by atoms with Crippen LogP contribution in [0.2, 0.25) is 5.02 Å². The van der Waals surface area contributed by atoms with Gasteiger partial charge in [-0.25, -0.2) is 0 Å². The molecule has 0 unspecified atom stereocenters. The van der Waals surface area contributed by atoms with Crippen LogP contribution in [0.3, 0.4) is 0 Å². The van der Waals surface area contributed by atoms with Crippen LogP contribution in [0.5, 0.6) is 5.75 Å². The van der Waals surface area contributed by atoms with Crippen molar-refractivity contribution in [1.29, 1.82) is 0 Å². The number of benzene rings is 2. The standard InChI is InChI=1S/C19H16ClNO2S/c1-12-6-18(16-4-2-3-5-17(16)21-12)24-10-14-8-15(20)7-13-9-22-11-23-19(13)14/h2-8H,9-11H2,1H3. The number of hydrogen-bond donors (Lipinski definition) is 0. The van der Waals surface area contributed by atoms with Gasteiger partial charge in [0.2, 0.25) is 0 Å². The molecule has 0 N–H and O–H groups in total. The highest BCUT2D eigenvalue weighted by molar-refractivity contribution is 7.98. The van der Waals surface area contributed by atoms with Gasteiger partial charge in [-0.15, -0.1) is 11.8 Å². The molecule has 0 amide bonds. The molecule has 0 radical (unpaired) electrons. The molecule has 0 bridgehead atoms. The van der Waals surface area contributed by atoms with Crippen LogP contribution in [0.15, 0.2) is 47.4 Å². The maximum atomic E-state index is 6.25. The van der Waals surface area contributed by atoms with Crippen LogP contribution in [-0.2, 0) is 17.1 Å². The van der Waals surface area contributed by atoms with Crippen molar-refractivity contribution >= 4 is 34.3 Å². The average molecular weight is 358 g/mol. The Morgan fingerprint density at radius 2 is 2.08 bits per heavy atom. The summed E-state index contributed by atoms with van der Waals surface area (Å²) in [6.45, 7) is 2.87. The van der Waals surface area contributed by atoms with E-state index < -0.39 is 0 Å². The number of rotatable bonds is 3. The maximum Gasteiger partial charge on any atom is 0.189 e. The SMILES string of the molecule is Cc1cc(SCc2cc(Cl)cc3c2OCOC3)c2ccccc2n1. The fourth-order valence-corrected chi connectivity index (χ4v) is 4.28. The van der Waals surface area contributed by atoms with E-state index >= 15 is 0 Å². The summed E-state index contributed by atoms with van der Waals surface area (Å²) in [5.74, 6) is 1.70. The molecule has 0 aliphatic carbocycles. The quantitative estimate of drug-likeness (QED) is 0.591. The first kappa shape index (κ1) is 15.8. The van der Waals surface area contributed by atoms with Gasteiger partial charge in [-0.2, -0.15) is 0 Å². The van der Waals surface area contributed by atoms with Gasteiger partial charge in [-0.3, -0.25) is 4.98 Å². The number of nitrogens with zero attached hydrogens (tertiary/aromatic N) is 1. The summed E-state index contributed by atoms with van der Waals surface area (Å²) in [5.41, 5.74) is 4.16. The van der Waals surface area contributed by atoms with E-state index in [1.807, 2.05) is 37.3 Å². The number of thioether (sulfide) groups is 1. The Kier molecular flexibility index (Phi) is 4.35. The second kappa shape index (κ2) is 6.63. The van der Waals surface area contributed by atoms with E-state index in [-0.39, 0.29) is 0 Å². The summed E-state index contributed by atoms with van der Waals surface area (Å²) in [5, 5.41) is 1.89. The van der Waals surface area contributed by atoms with Crippen molar-refractivity contribution in [3.63, 3.8) is 0 Å². The number of fused-ring (bicyclic) bond motifs is 2. The molecule has 0 saturated carbocycles. The van der Waals surface area contributed by atoms with E-state index in [1.165, 1.54) is 10.3 Å². The molecule has 0 spiro atoms. The largest absolute Gasteiger partial charge is 0.467 e. The van der Waals surface area contributed by atoms with Crippen LogP contribution in [0.25, 0.3) is 10.9 Å². The first-order valence-electron chi connectivity index (χ1n) is 7.72. The molecule has 122 valence electrons. The van der Waals surface area contributed by atoms with Crippen LogP contribution < -0.4 is 4.74 Å². The third kappa shape index (κ3) is 3.09. The minimum Gasteiger partial charge on any atom is -0.467 e. The van der Waals surface area contributed by atoms with Crippen molar-refractivity contribution in [2.24, 2.45) is 0 Å². The van der Waals surface area contributed by atoms with Crippen LogP contribution in [0.4, 0.5) is 0 Å². The molecule has 4 rings (SSSR count). The molecule has 0 fully saturated rings. The van der Waals surface area contributed by atoms with Gasteiger partial charge in [0, 0.05) is 37.9 Å². The van der Waals surface area contributed by atoms with E-state index in [2.05, 4.69) is 17.1 Å². The van der Waals surface area contributed by atoms with Gasteiger partial charge in [0.1, 0.15) is 5.75 Å². The number of ether oxygens (including phenoxy) is 2. The van der Waals surface area contributed by atoms with Crippen molar-refractivity contribution < 1.29 is 9.47 Å². The molecule has 0 saturated heterocycles. The van der Waals surface area contributed by atoms with Gasteiger partial charge >= 0.3 is 0 Å². The van der Waals surface area contributed by atoms with Crippen LogP contribution in [0.1, 0.15) is 16.8 Å². The number of para-hydroxylation sites is 1. The summed E-state index contributed by atoms with van der Waals surface area (Å²) in [6.07, 6.45) is 0. The molecule has 1 aromatic heterocycles. The summed E-state index contributed by atoms with van der Waals surface area (Å²) in [6, 6.07) is 14.3. The number of hydrogen-bond acceptors (Lipinski definition) is 4. The molecular formula is C19H16ClNO2S. The van der Waals surface area contributed by atoms with E-state index in [4.69, 9.17) is 21.1 Å². The summed E-state index contributed by atoms with van der Waals surface area (Å²) in [7, 11) is 0. The fourth-order valence-electron chi connectivity index (χ4n) is 2.91. The van der Waals surface area contributed by atoms with Crippen molar-refractivity contribution in [2.45, 2.75) is 24.2 Å². The molecule has 5 heteroatoms. The summed E-state index contributed by atoms with van der Waals surface area (Å²) < 4.78 is 11.0. The number of aryl methyl sites for hydroxylation is 1. The lowest BCUT2D eigenvalue weighted by molar-refractivity contribution is -0.0168. The summed E-state index contributed by atoms with van der Waals surface area (Å²) in [4.78, 5) is 5.82. The highest BCUT2D eigenvalue weighted by atomic mass is 35.5. The van der Waals surface area contributed by atoms with Crippen molar-refractivity contribution in [3.8, 4) is 5.75 Å². The zero-order chi connectivity index (χ0) is 16.5. The lowest BCUT2D eigenvalue weighted by Gasteiger charge is -2.21. The smallest absolute Gasteiger partial charge is 0.189 e. The van der Waals surface area contributed by atoms with E-state index in [0.29, 0.717) is 18.4 Å². The van der Waals surface area contributed by atoms with Crippen LogP contribution in [0, 0.1) is 6.92 Å². The summed E-state index contributed by atoms with van der Waals surface area (Å²) >= 11 is 8.03. The Balaban J connectivity index is 1.68. The Labute approximate surface area is 149 Å². The van der Waals surface area contributed by atoms with Crippen molar-refractivity contribution in [3.05, 3.63) is 64.3 Å². The monoisotopic (exact) mass is 357 g/mol. The molecule has 0 atom stereocenters. The Morgan fingerprint density at radius 3 is 3.00 bits per heavy atom. The second-order valence-electron chi connectivity index (χ2n) is 5.73. The third-order valence-corrected chi connectivity index (χ3v) is 5.26. The highest BCUT2D eigenvalue weighted by Gasteiger charge is 2.17. The lowest BCUT2D eigenvalue weighted by atomic mass is 10.1. The van der Waals surface area contributed by atoms with E-state index in [9.17, 15) is 0 Å². The predicted octanol–water partition coefficient (Wildman–Crippen LogP) is 5.36. The zero-order valence-electron chi connectivity index (χ0n) is 13.2. The van der Waals surface area contributed by atoms with Crippen molar-refractivity contribution in [1.82, 2.24) is 4.98 Å². The highest BCUT2D eigenvalue weighted by Crippen LogP contribution is 2.37. The van der Waals surface area contributed by atoms with Crippen LogP contribution in [-0.4, -0.2) is 11.8 Å². The normalized spacial score (nSPS) is 13.6.